The quantitative estimate of drug-likeness (QED) is 0.725. The number of benzene rings is 1. The first-order valence-corrected chi connectivity index (χ1v) is 9.92. The lowest BCUT2D eigenvalue weighted by molar-refractivity contribution is -0.0311. The molecule has 2 aromatic rings. The maximum atomic E-state index is 13.1. The van der Waals surface area contributed by atoms with Gasteiger partial charge >= 0.3 is 12.1 Å². The molecule has 3 saturated heterocycles. The maximum absolute atomic E-state index is 13.1. The van der Waals surface area contributed by atoms with Gasteiger partial charge in [0.2, 0.25) is 0 Å². The molecular weight excluding hydrogens is 370 g/mol. The van der Waals surface area contributed by atoms with Gasteiger partial charge in [0.15, 0.2) is 0 Å². The molecule has 3 fully saturated rings. The zero-order valence-electron chi connectivity index (χ0n) is 16.5. The summed E-state index contributed by atoms with van der Waals surface area (Å²) in [6.45, 7) is 3.33. The predicted octanol–water partition coefficient (Wildman–Crippen LogP) is 3.11. The molecule has 0 N–H and O–H groups in total. The van der Waals surface area contributed by atoms with Crippen molar-refractivity contribution in [2.24, 2.45) is 5.92 Å². The Hall–Kier alpha value is -2.93. The second-order valence-corrected chi connectivity index (χ2v) is 7.55. The van der Waals surface area contributed by atoms with E-state index in [2.05, 4.69) is 9.88 Å². The van der Waals surface area contributed by atoms with Crippen molar-refractivity contribution >= 4 is 17.7 Å². The molecular formula is C22H25N3O4. The van der Waals surface area contributed by atoms with Gasteiger partial charge in [-0.2, -0.15) is 0 Å². The number of fused-ring (bicyclic) bond motifs is 3. The molecule has 0 radical (unpaired) electrons. The number of hydrogen-bond acceptors (Lipinski definition) is 6. The van der Waals surface area contributed by atoms with E-state index in [0.717, 1.165) is 38.0 Å². The summed E-state index contributed by atoms with van der Waals surface area (Å²) >= 11 is 0. The molecule has 1 aromatic carbocycles. The number of ether oxygens (including phenoxy) is 2. The minimum atomic E-state index is -0.387. The van der Waals surface area contributed by atoms with Crippen LogP contribution in [0, 0.1) is 5.92 Å². The molecule has 3 aliphatic rings. The molecule has 0 aliphatic carbocycles. The van der Waals surface area contributed by atoms with Gasteiger partial charge in [-0.3, -0.25) is 14.8 Å². The van der Waals surface area contributed by atoms with Gasteiger partial charge < -0.3 is 9.47 Å². The molecule has 3 aliphatic heterocycles. The minimum Gasteiger partial charge on any atom is -0.465 e. The van der Waals surface area contributed by atoms with Crippen LogP contribution >= 0.6 is 0 Å². The van der Waals surface area contributed by atoms with E-state index in [9.17, 15) is 9.59 Å². The molecule has 29 heavy (non-hydrogen) atoms. The van der Waals surface area contributed by atoms with Crippen LogP contribution < -0.4 is 4.90 Å². The van der Waals surface area contributed by atoms with Crippen LogP contribution in [0.1, 0.15) is 28.8 Å². The number of carbonyl (C=O) groups excluding carboxylic acids is 2. The monoisotopic (exact) mass is 395 g/mol. The number of methoxy groups -OCH3 is 1. The Bertz CT molecular complexity index is 848. The lowest BCUT2D eigenvalue weighted by atomic mass is 9.86. The summed E-state index contributed by atoms with van der Waals surface area (Å²) < 4.78 is 10.7. The van der Waals surface area contributed by atoms with Crippen LogP contribution in [0.4, 0.5) is 10.5 Å². The Kier molecular flexibility index (Phi) is 5.76. The van der Waals surface area contributed by atoms with Gasteiger partial charge in [-0.15, -0.1) is 0 Å². The Balaban J connectivity index is 1.51. The average molecular weight is 395 g/mol. The Labute approximate surface area is 170 Å². The second kappa shape index (κ2) is 8.61. The zero-order chi connectivity index (χ0) is 20.2. The van der Waals surface area contributed by atoms with Crippen LogP contribution in [-0.4, -0.2) is 54.8 Å². The molecule has 1 amide bonds. The van der Waals surface area contributed by atoms with Gasteiger partial charge in [-0.25, -0.2) is 9.59 Å². The molecule has 152 valence electrons. The fourth-order valence-corrected chi connectivity index (χ4v) is 4.06. The van der Waals surface area contributed by atoms with Crippen molar-refractivity contribution in [2.75, 3.05) is 31.6 Å². The molecule has 5 rings (SSSR count). The lowest BCUT2D eigenvalue weighted by Crippen LogP contribution is -2.53. The lowest BCUT2D eigenvalue weighted by Gasteiger charge is -2.44. The fourth-order valence-electron chi connectivity index (χ4n) is 4.06. The van der Waals surface area contributed by atoms with Crippen molar-refractivity contribution in [1.82, 2.24) is 9.88 Å². The normalized spacial score (nSPS) is 22.7. The Morgan fingerprint density at radius 3 is 2.52 bits per heavy atom. The molecule has 2 bridgehead atoms. The predicted molar refractivity (Wildman–Crippen MR) is 108 cm³/mol. The van der Waals surface area contributed by atoms with E-state index in [1.54, 1.807) is 35.5 Å². The van der Waals surface area contributed by atoms with Crippen molar-refractivity contribution in [1.29, 1.82) is 0 Å². The van der Waals surface area contributed by atoms with E-state index in [0.29, 0.717) is 23.7 Å². The van der Waals surface area contributed by atoms with Gasteiger partial charge in [-0.05, 0) is 61.7 Å². The summed E-state index contributed by atoms with van der Waals surface area (Å²) in [5.74, 6) is 0.0569. The molecule has 0 saturated carbocycles. The minimum absolute atomic E-state index is 0.0640. The van der Waals surface area contributed by atoms with Crippen molar-refractivity contribution < 1.29 is 19.1 Å². The fraction of sp³-hybridized carbons (Fsp3) is 0.409. The first-order chi connectivity index (χ1) is 14.1. The molecule has 0 spiro atoms. The molecule has 0 unspecified atom stereocenters. The Morgan fingerprint density at radius 2 is 1.93 bits per heavy atom. The standard InChI is InChI=1S/C22H25N3O4/c1-28-21(26)18-6-4-16(5-7-18)14-25(19-3-2-10-23-13-19)22(27)29-20-15-24-11-8-17(20)9-12-24/h2-7,10,13,17,20H,8-9,11-12,14-15H2,1H3/t20-/m0/s1. The van der Waals surface area contributed by atoms with Gasteiger partial charge in [0.25, 0.3) is 0 Å². The number of hydrogen-bond donors (Lipinski definition) is 0. The highest BCUT2D eigenvalue weighted by Gasteiger charge is 2.37. The van der Waals surface area contributed by atoms with Crippen LogP contribution in [-0.2, 0) is 16.0 Å². The zero-order valence-corrected chi connectivity index (χ0v) is 16.5. The molecule has 1 aromatic heterocycles. The highest BCUT2D eigenvalue weighted by molar-refractivity contribution is 5.89. The van der Waals surface area contributed by atoms with E-state index >= 15 is 0 Å². The van der Waals surface area contributed by atoms with Crippen LogP contribution in [0.5, 0.6) is 0 Å². The third-order valence-electron chi connectivity index (χ3n) is 5.74. The second-order valence-electron chi connectivity index (χ2n) is 7.55. The van der Waals surface area contributed by atoms with Crippen LogP contribution in [0.3, 0.4) is 0 Å². The number of pyridine rings is 1. The highest BCUT2D eigenvalue weighted by Crippen LogP contribution is 2.30. The van der Waals surface area contributed by atoms with Crippen molar-refractivity contribution in [3.8, 4) is 0 Å². The number of esters is 1. The molecule has 1 atom stereocenters. The van der Waals surface area contributed by atoms with Crippen molar-refractivity contribution in [3.63, 3.8) is 0 Å². The van der Waals surface area contributed by atoms with E-state index in [-0.39, 0.29) is 18.2 Å². The molecule has 7 heteroatoms. The molecule has 4 heterocycles. The summed E-state index contributed by atoms with van der Waals surface area (Å²) in [6.07, 6.45) is 5.06. The highest BCUT2D eigenvalue weighted by atomic mass is 16.6. The Morgan fingerprint density at radius 1 is 1.17 bits per heavy atom. The largest absolute Gasteiger partial charge is 0.465 e. The van der Waals surface area contributed by atoms with E-state index in [4.69, 9.17) is 9.47 Å². The first-order valence-electron chi connectivity index (χ1n) is 9.92. The number of anilines is 1. The number of nitrogens with zero attached hydrogens (tertiary/aromatic N) is 3. The summed E-state index contributed by atoms with van der Waals surface area (Å²) in [4.78, 5) is 32.8. The third kappa shape index (κ3) is 4.40. The summed E-state index contributed by atoms with van der Waals surface area (Å²) in [5.41, 5.74) is 2.03. The number of amides is 1. The third-order valence-corrected chi connectivity index (χ3v) is 5.74. The van der Waals surface area contributed by atoms with Crippen LogP contribution in [0.15, 0.2) is 48.8 Å². The number of carbonyl (C=O) groups is 2. The first kappa shape index (κ1) is 19.4. The summed E-state index contributed by atoms with van der Waals surface area (Å²) in [6, 6.07) is 10.7. The maximum Gasteiger partial charge on any atom is 0.414 e. The van der Waals surface area contributed by atoms with Crippen molar-refractivity contribution in [2.45, 2.75) is 25.5 Å². The van der Waals surface area contributed by atoms with Gasteiger partial charge in [0, 0.05) is 12.7 Å². The average Bonchev–Trinajstić information content (AvgIpc) is 2.78. The number of rotatable bonds is 5. The van der Waals surface area contributed by atoms with Gasteiger partial charge in [-0.1, -0.05) is 12.1 Å². The number of aromatic nitrogens is 1. The molecule has 7 nitrogen and oxygen atoms in total. The van der Waals surface area contributed by atoms with E-state index < -0.39 is 0 Å². The van der Waals surface area contributed by atoms with Crippen LogP contribution in [0.25, 0.3) is 0 Å². The summed E-state index contributed by atoms with van der Waals surface area (Å²) in [5, 5.41) is 0. The van der Waals surface area contributed by atoms with Crippen molar-refractivity contribution in [3.05, 3.63) is 59.9 Å². The smallest absolute Gasteiger partial charge is 0.414 e. The van der Waals surface area contributed by atoms with E-state index in [1.165, 1.54) is 7.11 Å². The van der Waals surface area contributed by atoms with E-state index in [1.807, 2.05) is 18.2 Å². The van der Waals surface area contributed by atoms with Crippen LogP contribution in [0.2, 0.25) is 0 Å². The van der Waals surface area contributed by atoms with Gasteiger partial charge in [0.1, 0.15) is 6.10 Å². The SMILES string of the molecule is COC(=O)c1ccc(CN(C(=O)O[C@H]2CN3CCC2CC3)c2cccnc2)cc1. The number of piperidine rings is 3. The summed E-state index contributed by atoms with van der Waals surface area (Å²) in [7, 11) is 1.35. The van der Waals surface area contributed by atoms with Gasteiger partial charge in [0.05, 0.1) is 31.1 Å². The topological polar surface area (TPSA) is 72.0 Å².